The molecular weight excluding hydrogens is 188 g/mol. The van der Waals surface area contributed by atoms with Gasteiger partial charge in [-0.2, -0.15) is 0 Å². The summed E-state index contributed by atoms with van der Waals surface area (Å²) in [5.74, 6) is 0. The molecule has 1 aromatic rings. The first-order valence-electron chi connectivity index (χ1n) is 5.34. The largest absolute Gasteiger partial charge is 0.385 e. The van der Waals surface area contributed by atoms with Gasteiger partial charge >= 0.3 is 0 Å². The first-order valence-corrected chi connectivity index (χ1v) is 5.34. The second-order valence-corrected chi connectivity index (χ2v) is 4.13. The number of aliphatic hydroxyl groups is 1. The van der Waals surface area contributed by atoms with Gasteiger partial charge < -0.3 is 9.84 Å². The van der Waals surface area contributed by atoms with Crippen molar-refractivity contribution in [2.45, 2.75) is 38.9 Å². The van der Waals surface area contributed by atoms with Crippen molar-refractivity contribution in [3.8, 4) is 0 Å². The number of aliphatic hydroxyl groups excluding tert-OH is 1. The Balaban J connectivity index is 3.03. The molecule has 0 aromatic heterocycles. The van der Waals surface area contributed by atoms with E-state index in [2.05, 4.69) is 0 Å². The van der Waals surface area contributed by atoms with Gasteiger partial charge in [-0.3, -0.25) is 0 Å². The monoisotopic (exact) mass is 208 g/mol. The SMILES string of the molecule is CCC(C)(OC)C(O)c1ccccc1C. The number of rotatable bonds is 4. The molecule has 1 aromatic carbocycles. The maximum atomic E-state index is 10.3. The Morgan fingerprint density at radius 1 is 1.40 bits per heavy atom. The van der Waals surface area contributed by atoms with Gasteiger partial charge in [-0.15, -0.1) is 0 Å². The standard InChI is InChI=1S/C13H20O2/c1-5-13(3,15-4)12(14)11-9-7-6-8-10(11)2/h6-9,12,14H,5H2,1-4H3. The van der Waals surface area contributed by atoms with Crippen molar-refractivity contribution in [1.82, 2.24) is 0 Å². The third kappa shape index (κ3) is 2.39. The van der Waals surface area contributed by atoms with Crippen molar-refractivity contribution in [2.75, 3.05) is 7.11 Å². The van der Waals surface area contributed by atoms with E-state index in [0.717, 1.165) is 17.5 Å². The summed E-state index contributed by atoms with van der Waals surface area (Å²) in [5, 5.41) is 10.3. The van der Waals surface area contributed by atoms with Crippen molar-refractivity contribution in [1.29, 1.82) is 0 Å². The molecule has 2 atom stereocenters. The normalized spacial score (nSPS) is 17.1. The minimum atomic E-state index is -0.575. The fourth-order valence-corrected chi connectivity index (χ4v) is 1.67. The lowest BCUT2D eigenvalue weighted by atomic mass is 9.88. The molecule has 0 aliphatic carbocycles. The van der Waals surface area contributed by atoms with E-state index in [9.17, 15) is 5.11 Å². The lowest BCUT2D eigenvalue weighted by molar-refractivity contribution is -0.0946. The number of ether oxygens (including phenoxy) is 1. The van der Waals surface area contributed by atoms with Crippen molar-refractivity contribution in [3.05, 3.63) is 35.4 Å². The minimum absolute atomic E-state index is 0.508. The van der Waals surface area contributed by atoms with Crippen LogP contribution in [0.3, 0.4) is 0 Å². The summed E-state index contributed by atoms with van der Waals surface area (Å²) in [6.45, 7) is 5.96. The minimum Gasteiger partial charge on any atom is -0.385 e. The zero-order valence-electron chi connectivity index (χ0n) is 9.95. The van der Waals surface area contributed by atoms with E-state index < -0.39 is 11.7 Å². The summed E-state index contributed by atoms with van der Waals surface area (Å²) in [6.07, 6.45) is 0.202. The highest BCUT2D eigenvalue weighted by molar-refractivity contribution is 5.29. The molecule has 0 heterocycles. The van der Waals surface area contributed by atoms with Gasteiger partial charge in [0.2, 0.25) is 0 Å². The topological polar surface area (TPSA) is 29.5 Å². The van der Waals surface area contributed by atoms with Crippen LogP contribution in [0, 0.1) is 6.92 Å². The maximum Gasteiger partial charge on any atom is 0.108 e. The van der Waals surface area contributed by atoms with Gasteiger partial charge in [0.25, 0.3) is 0 Å². The molecule has 0 amide bonds. The highest BCUT2D eigenvalue weighted by atomic mass is 16.5. The third-order valence-corrected chi connectivity index (χ3v) is 3.23. The van der Waals surface area contributed by atoms with Gasteiger partial charge in [0.1, 0.15) is 6.10 Å². The molecule has 2 nitrogen and oxygen atoms in total. The maximum absolute atomic E-state index is 10.3. The molecule has 2 heteroatoms. The van der Waals surface area contributed by atoms with Gasteiger partial charge in [0.05, 0.1) is 5.60 Å². The molecule has 84 valence electrons. The summed E-state index contributed by atoms with van der Waals surface area (Å²) in [6, 6.07) is 7.87. The molecule has 0 radical (unpaired) electrons. The summed E-state index contributed by atoms with van der Waals surface area (Å²) < 4.78 is 5.41. The van der Waals surface area contributed by atoms with Gasteiger partial charge in [-0.05, 0) is 31.4 Å². The fourth-order valence-electron chi connectivity index (χ4n) is 1.67. The van der Waals surface area contributed by atoms with Crippen molar-refractivity contribution in [2.24, 2.45) is 0 Å². The number of aryl methyl sites for hydroxylation is 1. The van der Waals surface area contributed by atoms with Crippen molar-refractivity contribution in [3.63, 3.8) is 0 Å². The summed E-state index contributed by atoms with van der Waals surface area (Å²) in [4.78, 5) is 0. The van der Waals surface area contributed by atoms with Crippen molar-refractivity contribution < 1.29 is 9.84 Å². The molecule has 0 saturated heterocycles. The van der Waals surface area contributed by atoms with E-state index in [1.807, 2.05) is 45.0 Å². The van der Waals surface area contributed by atoms with Gasteiger partial charge in [0, 0.05) is 7.11 Å². The Hall–Kier alpha value is -0.860. The Bertz CT molecular complexity index is 316. The van der Waals surface area contributed by atoms with E-state index in [1.165, 1.54) is 0 Å². The van der Waals surface area contributed by atoms with Crippen LogP contribution in [0.1, 0.15) is 37.5 Å². The number of hydrogen-bond donors (Lipinski definition) is 1. The highest BCUT2D eigenvalue weighted by Gasteiger charge is 2.32. The fraction of sp³-hybridized carbons (Fsp3) is 0.538. The van der Waals surface area contributed by atoms with Gasteiger partial charge in [0.15, 0.2) is 0 Å². The molecule has 0 aliphatic rings. The van der Waals surface area contributed by atoms with Crippen LogP contribution in [0.5, 0.6) is 0 Å². The van der Waals surface area contributed by atoms with Gasteiger partial charge in [-0.1, -0.05) is 31.2 Å². The van der Waals surface area contributed by atoms with Crippen LogP contribution in [0.15, 0.2) is 24.3 Å². The van der Waals surface area contributed by atoms with Crippen LogP contribution in [0.25, 0.3) is 0 Å². The molecule has 0 fully saturated rings. The van der Waals surface area contributed by atoms with Crippen LogP contribution in [-0.4, -0.2) is 17.8 Å². The highest BCUT2D eigenvalue weighted by Crippen LogP contribution is 2.32. The van der Waals surface area contributed by atoms with Crippen LogP contribution >= 0.6 is 0 Å². The summed E-state index contributed by atoms with van der Waals surface area (Å²) in [7, 11) is 1.64. The molecular formula is C13H20O2. The van der Waals surface area contributed by atoms with E-state index in [4.69, 9.17) is 4.74 Å². The smallest absolute Gasteiger partial charge is 0.108 e. The van der Waals surface area contributed by atoms with E-state index in [-0.39, 0.29) is 0 Å². The van der Waals surface area contributed by atoms with Crippen LogP contribution in [0.4, 0.5) is 0 Å². The molecule has 0 aliphatic heterocycles. The third-order valence-electron chi connectivity index (χ3n) is 3.23. The molecule has 0 spiro atoms. The van der Waals surface area contributed by atoms with E-state index in [1.54, 1.807) is 7.11 Å². The molecule has 1 N–H and O–H groups in total. The molecule has 0 bridgehead atoms. The van der Waals surface area contributed by atoms with Crippen LogP contribution in [-0.2, 0) is 4.74 Å². The van der Waals surface area contributed by atoms with E-state index >= 15 is 0 Å². The summed E-state index contributed by atoms with van der Waals surface area (Å²) >= 11 is 0. The Morgan fingerprint density at radius 2 is 2.00 bits per heavy atom. The Labute approximate surface area is 91.9 Å². The summed E-state index contributed by atoms with van der Waals surface area (Å²) in [5.41, 5.74) is 1.54. The van der Waals surface area contributed by atoms with Crippen LogP contribution < -0.4 is 0 Å². The zero-order chi connectivity index (χ0) is 11.5. The quantitative estimate of drug-likeness (QED) is 0.824. The zero-order valence-corrected chi connectivity index (χ0v) is 9.95. The van der Waals surface area contributed by atoms with Crippen molar-refractivity contribution >= 4 is 0 Å². The number of hydrogen-bond acceptors (Lipinski definition) is 2. The number of benzene rings is 1. The lowest BCUT2D eigenvalue weighted by Gasteiger charge is -2.33. The van der Waals surface area contributed by atoms with Crippen LogP contribution in [0.2, 0.25) is 0 Å². The average Bonchev–Trinajstić information content (AvgIpc) is 2.28. The molecule has 2 unspecified atom stereocenters. The average molecular weight is 208 g/mol. The predicted molar refractivity (Wildman–Crippen MR) is 61.8 cm³/mol. The van der Waals surface area contributed by atoms with E-state index in [0.29, 0.717) is 0 Å². The second kappa shape index (κ2) is 4.77. The molecule has 0 saturated carbocycles. The molecule has 15 heavy (non-hydrogen) atoms. The lowest BCUT2D eigenvalue weighted by Crippen LogP contribution is -2.34. The Kier molecular flexibility index (Phi) is 3.89. The second-order valence-electron chi connectivity index (χ2n) is 4.13. The predicted octanol–water partition coefficient (Wildman–Crippen LogP) is 2.84. The number of methoxy groups -OCH3 is 1. The Morgan fingerprint density at radius 3 is 2.47 bits per heavy atom. The first kappa shape index (κ1) is 12.2. The molecule has 1 rings (SSSR count). The van der Waals surface area contributed by atoms with Gasteiger partial charge in [-0.25, -0.2) is 0 Å². The first-order chi connectivity index (χ1) is 7.05.